The van der Waals surface area contributed by atoms with Crippen LogP contribution in [-0.2, 0) is 9.59 Å². The molecule has 0 aromatic heterocycles. The molecule has 2 aromatic rings. The Morgan fingerprint density at radius 1 is 0.926 bits per heavy atom. The molecular formula is C20H19Cl2N3O2. The van der Waals surface area contributed by atoms with Crippen LogP contribution in [0.5, 0.6) is 0 Å². The minimum Gasteiger partial charge on any atom is -0.369 e. The Hall–Kier alpha value is -2.50. The molecule has 7 heteroatoms. The van der Waals surface area contributed by atoms with E-state index in [1.54, 1.807) is 18.2 Å². The summed E-state index contributed by atoms with van der Waals surface area (Å²) in [6.45, 7) is 1.39. The van der Waals surface area contributed by atoms with E-state index >= 15 is 0 Å². The number of anilines is 2. The Morgan fingerprint density at radius 2 is 1.56 bits per heavy atom. The van der Waals surface area contributed by atoms with Crippen LogP contribution >= 0.6 is 23.2 Å². The maximum atomic E-state index is 12.6. The molecule has 0 saturated carbocycles. The van der Waals surface area contributed by atoms with Gasteiger partial charge in [-0.05, 0) is 35.9 Å². The smallest absolute Gasteiger partial charge is 0.282 e. The molecular weight excluding hydrogens is 385 g/mol. The molecule has 27 heavy (non-hydrogen) atoms. The quantitative estimate of drug-likeness (QED) is 0.437. The lowest BCUT2D eigenvalue weighted by molar-refractivity contribution is -0.117. The van der Waals surface area contributed by atoms with E-state index in [1.165, 1.54) is 5.01 Å². The Morgan fingerprint density at radius 3 is 2.15 bits per heavy atom. The fraction of sp³-hybridized carbons (Fsp3) is 0.200. The molecule has 1 N–H and O–H groups in total. The van der Waals surface area contributed by atoms with Crippen LogP contribution in [0.2, 0.25) is 0 Å². The van der Waals surface area contributed by atoms with Crippen LogP contribution in [0.1, 0.15) is 5.56 Å². The number of hydrazine groups is 1. The average Bonchev–Trinajstić information content (AvgIpc) is 2.97. The third-order valence-electron chi connectivity index (χ3n) is 4.18. The number of halogens is 2. The molecule has 0 unspecified atom stereocenters. The molecule has 1 fully saturated rings. The highest BCUT2D eigenvalue weighted by Crippen LogP contribution is 2.22. The van der Waals surface area contributed by atoms with Gasteiger partial charge in [0, 0.05) is 30.5 Å². The summed E-state index contributed by atoms with van der Waals surface area (Å²) in [5, 5.41) is 1.26. The molecule has 1 aliphatic rings. The SMILES string of the molecule is O=C1NN(c2ccccc2)C(=O)C1=Cc1ccc(N(CCCl)CCCl)cc1. The number of alkyl halides is 2. The molecule has 0 aliphatic carbocycles. The zero-order chi connectivity index (χ0) is 19.2. The first kappa shape index (κ1) is 19.3. The van der Waals surface area contributed by atoms with Gasteiger partial charge in [-0.3, -0.25) is 15.0 Å². The van der Waals surface area contributed by atoms with Gasteiger partial charge < -0.3 is 4.90 Å². The van der Waals surface area contributed by atoms with E-state index in [4.69, 9.17) is 23.2 Å². The predicted octanol–water partition coefficient (Wildman–Crippen LogP) is 3.43. The molecule has 0 radical (unpaired) electrons. The molecule has 0 spiro atoms. The van der Waals surface area contributed by atoms with E-state index in [9.17, 15) is 9.59 Å². The summed E-state index contributed by atoms with van der Waals surface area (Å²) < 4.78 is 0. The summed E-state index contributed by atoms with van der Waals surface area (Å²) >= 11 is 11.7. The second-order valence-corrected chi connectivity index (χ2v) is 6.69. The molecule has 0 bridgehead atoms. The monoisotopic (exact) mass is 403 g/mol. The van der Waals surface area contributed by atoms with E-state index in [0.717, 1.165) is 11.3 Å². The van der Waals surface area contributed by atoms with Crippen molar-refractivity contribution in [3.8, 4) is 0 Å². The minimum atomic E-state index is -0.418. The molecule has 1 saturated heterocycles. The number of para-hydroxylation sites is 1. The summed E-state index contributed by atoms with van der Waals surface area (Å²) in [5.41, 5.74) is 5.07. The zero-order valence-electron chi connectivity index (χ0n) is 14.6. The van der Waals surface area contributed by atoms with Gasteiger partial charge in [0.05, 0.1) is 5.69 Å². The average molecular weight is 404 g/mol. The van der Waals surface area contributed by atoms with Crippen molar-refractivity contribution < 1.29 is 9.59 Å². The molecule has 1 aliphatic heterocycles. The van der Waals surface area contributed by atoms with Crippen LogP contribution in [-0.4, -0.2) is 36.7 Å². The Balaban J connectivity index is 1.80. The normalized spacial score (nSPS) is 15.3. The number of amides is 2. The fourth-order valence-corrected chi connectivity index (χ4v) is 3.25. The highest BCUT2D eigenvalue weighted by Gasteiger charge is 2.34. The molecule has 3 rings (SSSR count). The van der Waals surface area contributed by atoms with Crippen molar-refractivity contribution in [1.82, 2.24) is 5.43 Å². The number of carbonyl (C=O) groups is 2. The molecule has 5 nitrogen and oxygen atoms in total. The van der Waals surface area contributed by atoms with Crippen molar-refractivity contribution in [1.29, 1.82) is 0 Å². The third kappa shape index (κ3) is 4.43. The van der Waals surface area contributed by atoms with E-state index in [0.29, 0.717) is 30.5 Å². The van der Waals surface area contributed by atoms with E-state index in [1.807, 2.05) is 42.5 Å². The van der Waals surface area contributed by atoms with Crippen molar-refractivity contribution in [2.45, 2.75) is 0 Å². The standard InChI is InChI=1S/C20H19Cl2N3O2/c21-10-12-24(13-11-22)16-8-6-15(7-9-16)14-18-19(26)23-25(20(18)27)17-4-2-1-3-5-17/h1-9,14H,10-13H2,(H,23,26). The zero-order valence-corrected chi connectivity index (χ0v) is 16.1. The summed E-state index contributed by atoms with van der Waals surface area (Å²) in [6, 6.07) is 16.6. The van der Waals surface area contributed by atoms with Gasteiger partial charge in [-0.2, -0.15) is 0 Å². The number of benzene rings is 2. The van der Waals surface area contributed by atoms with Crippen LogP contribution in [0.25, 0.3) is 6.08 Å². The van der Waals surface area contributed by atoms with Gasteiger partial charge in [0.1, 0.15) is 5.57 Å². The van der Waals surface area contributed by atoms with Crippen molar-refractivity contribution in [2.75, 3.05) is 34.8 Å². The van der Waals surface area contributed by atoms with Gasteiger partial charge in [0.2, 0.25) is 0 Å². The Kier molecular flexibility index (Phi) is 6.37. The number of nitrogens with one attached hydrogen (secondary N) is 1. The van der Waals surface area contributed by atoms with E-state index < -0.39 is 5.91 Å². The van der Waals surface area contributed by atoms with Crippen LogP contribution in [0.4, 0.5) is 11.4 Å². The van der Waals surface area contributed by atoms with E-state index in [2.05, 4.69) is 10.3 Å². The molecule has 2 amide bonds. The number of hydrogen-bond donors (Lipinski definition) is 1. The van der Waals surface area contributed by atoms with Crippen LogP contribution in [0.3, 0.4) is 0 Å². The first-order valence-corrected chi connectivity index (χ1v) is 9.60. The third-order valence-corrected chi connectivity index (χ3v) is 4.52. The van der Waals surface area contributed by atoms with Gasteiger partial charge in [0.25, 0.3) is 11.8 Å². The van der Waals surface area contributed by atoms with Gasteiger partial charge >= 0.3 is 0 Å². The van der Waals surface area contributed by atoms with Gasteiger partial charge in [-0.25, -0.2) is 5.01 Å². The van der Waals surface area contributed by atoms with Gasteiger partial charge in [0.15, 0.2) is 0 Å². The fourth-order valence-electron chi connectivity index (χ4n) is 2.84. The van der Waals surface area contributed by atoms with Crippen LogP contribution in [0, 0.1) is 0 Å². The van der Waals surface area contributed by atoms with Crippen LogP contribution < -0.4 is 15.3 Å². The van der Waals surface area contributed by atoms with Crippen molar-refractivity contribution in [3.63, 3.8) is 0 Å². The molecule has 140 valence electrons. The number of rotatable bonds is 7. The molecule has 2 aromatic carbocycles. The molecule has 1 heterocycles. The summed E-state index contributed by atoms with van der Waals surface area (Å²) in [7, 11) is 0. The topological polar surface area (TPSA) is 52.7 Å². The van der Waals surface area contributed by atoms with Gasteiger partial charge in [-0.15, -0.1) is 23.2 Å². The van der Waals surface area contributed by atoms with Crippen LogP contribution in [0.15, 0.2) is 60.2 Å². The summed E-state index contributed by atoms with van der Waals surface area (Å²) in [5.74, 6) is 0.222. The lowest BCUT2D eigenvalue weighted by Gasteiger charge is -2.22. The minimum absolute atomic E-state index is 0.102. The van der Waals surface area contributed by atoms with Crippen molar-refractivity contribution >= 4 is 52.5 Å². The largest absolute Gasteiger partial charge is 0.369 e. The van der Waals surface area contributed by atoms with E-state index in [-0.39, 0.29) is 11.5 Å². The number of hydrogen-bond acceptors (Lipinski definition) is 3. The first-order chi connectivity index (χ1) is 13.1. The maximum Gasteiger partial charge on any atom is 0.282 e. The number of nitrogens with zero attached hydrogens (tertiary/aromatic N) is 2. The second-order valence-electron chi connectivity index (χ2n) is 5.93. The summed E-state index contributed by atoms with van der Waals surface area (Å²) in [4.78, 5) is 26.9. The predicted molar refractivity (Wildman–Crippen MR) is 110 cm³/mol. The Labute approximate surface area is 168 Å². The highest BCUT2D eigenvalue weighted by molar-refractivity contribution is 6.31. The Bertz CT molecular complexity index is 832. The lowest BCUT2D eigenvalue weighted by atomic mass is 10.1. The van der Waals surface area contributed by atoms with Crippen molar-refractivity contribution in [2.24, 2.45) is 0 Å². The molecule has 0 atom stereocenters. The second kappa shape index (κ2) is 8.93. The lowest BCUT2D eigenvalue weighted by Crippen LogP contribution is -2.35. The summed E-state index contributed by atoms with van der Waals surface area (Å²) in [6.07, 6.45) is 1.60. The van der Waals surface area contributed by atoms with Crippen molar-refractivity contribution in [3.05, 3.63) is 65.7 Å². The van der Waals surface area contributed by atoms with Gasteiger partial charge in [-0.1, -0.05) is 30.3 Å². The number of carbonyl (C=O) groups excluding carboxylic acids is 2. The highest BCUT2D eigenvalue weighted by atomic mass is 35.5. The maximum absolute atomic E-state index is 12.6. The first-order valence-electron chi connectivity index (χ1n) is 8.53.